The van der Waals surface area contributed by atoms with Crippen LogP contribution in [-0.2, 0) is 11.2 Å². The van der Waals surface area contributed by atoms with E-state index in [0.29, 0.717) is 12.1 Å². The molecular weight excluding hydrogens is 228 g/mol. The fourth-order valence-electron chi connectivity index (χ4n) is 2.20. The van der Waals surface area contributed by atoms with Crippen LogP contribution in [0.1, 0.15) is 32.5 Å². The molecule has 0 aliphatic carbocycles. The van der Waals surface area contributed by atoms with E-state index in [1.807, 2.05) is 13.1 Å². The molecule has 2 unspecified atom stereocenters. The summed E-state index contributed by atoms with van der Waals surface area (Å²) in [5, 5.41) is 6.56. The standard InChI is InChI=1S/C13H22N4O/c1-4-11-16-12(14-3)8-13(17-11)15-10-5-6-18-9(2)7-10/h8-10H,4-7H2,1-3H3,(H2,14,15,16,17). The number of aryl methyl sites for hydroxylation is 1. The molecule has 1 aliphatic rings. The Bertz CT molecular complexity index is 374. The Morgan fingerprint density at radius 3 is 2.83 bits per heavy atom. The van der Waals surface area contributed by atoms with Crippen LogP contribution in [0.15, 0.2) is 6.07 Å². The molecule has 5 nitrogen and oxygen atoms in total. The van der Waals surface area contributed by atoms with E-state index in [2.05, 4.69) is 34.4 Å². The number of anilines is 2. The van der Waals surface area contributed by atoms with Gasteiger partial charge in [-0.15, -0.1) is 0 Å². The molecule has 0 bridgehead atoms. The minimum absolute atomic E-state index is 0.326. The number of ether oxygens (including phenoxy) is 1. The molecule has 1 fully saturated rings. The van der Waals surface area contributed by atoms with Crippen LogP contribution in [0.25, 0.3) is 0 Å². The zero-order valence-corrected chi connectivity index (χ0v) is 11.4. The van der Waals surface area contributed by atoms with E-state index in [1.54, 1.807) is 0 Å². The van der Waals surface area contributed by atoms with E-state index < -0.39 is 0 Å². The van der Waals surface area contributed by atoms with Crippen LogP contribution >= 0.6 is 0 Å². The number of aromatic nitrogens is 2. The fraction of sp³-hybridized carbons (Fsp3) is 0.692. The molecule has 0 spiro atoms. The van der Waals surface area contributed by atoms with Crippen LogP contribution in [0.3, 0.4) is 0 Å². The van der Waals surface area contributed by atoms with Crippen molar-refractivity contribution in [3.05, 3.63) is 11.9 Å². The van der Waals surface area contributed by atoms with Crippen LogP contribution in [0.5, 0.6) is 0 Å². The third-order valence-electron chi connectivity index (χ3n) is 3.18. The second kappa shape index (κ2) is 6.00. The van der Waals surface area contributed by atoms with E-state index in [0.717, 1.165) is 43.3 Å². The second-order valence-corrected chi connectivity index (χ2v) is 4.71. The lowest BCUT2D eigenvalue weighted by Gasteiger charge is -2.28. The lowest BCUT2D eigenvalue weighted by Crippen LogP contribution is -2.32. The molecule has 18 heavy (non-hydrogen) atoms. The smallest absolute Gasteiger partial charge is 0.132 e. The third kappa shape index (κ3) is 3.32. The number of rotatable bonds is 4. The SMILES string of the molecule is CCc1nc(NC)cc(NC2CCOC(C)C2)n1. The number of nitrogens with one attached hydrogen (secondary N) is 2. The van der Waals surface area contributed by atoms with Crippen LogP contribution in [0.4, 0.5) is 11.6 Å². The molecule has 2 N–H and O–H groups in total. The highest BCUT2D eigenvalue weighted by Crippen LogP contribution is 2.19. The average Bonchev–Trinajstić information content (AvgIpc) is 2.38. The molecule has 2 heterocycles. The summed E-state index contributed by atoms with van der Waals surface area (Å²) < 4.78 is 5.55. The van der Waals surface area contributed by atoms with E-state index in [4.69, 9.17) is 4.74 Å². The summed E-state index contributed by atoms with van der Waals surface area (Å²) >= 11 is 0. The molecule has 1 saturated heterocycles. The van der Waals surface area contributed by atoms with Crippen molar-refractivity contribution in [2.75, 3.05) is 24.3 Å². The number of hydrogen-bond donors (Lipinski definition) is 2. The van der Waals surface area contributed by atoms with Crippen molar-refractivity contribution < 1.29 is 4.74 Å². The Morgan fingerprint density at radius 2 is 2.17 bits per heavy atom. The molecule has 100 valence electrons. The van der Waals surface area contributed by atoms with E-state index in [9.17, 15) is 0 Å². The predicted octanol–water partition coefficient (Wildman–Crippen LogP) is 2.06. The number of nitrogens with zero attached hydrogens (tertiary/aromatic N) is 2. The van der Waals surface area contributed by atoms with Crippen LogP contribution in [0, 0.1) is 0 Å². The molecule has 1 aromatic heterocycles. The summed E-state index contributed by atoms with van der Waals surface area (Å²) in [6, 6.07) is 2.40. The average molecular weight is 250 g/mol. The van der Waals surface area contributed by atoms with Crippen molar-refractivity contribution in [3.63, 3.8) is 0 Å². The molecule has 0 saturated carbocycles. The summed E-state index contributed by atoms with van der Waals surface area (Å²) in [6.07, 6.45) is 3.23. The Balaban J connectivity index is 2.07. The van der Waals surface area contributed by atoms with Crippen molar-refractivity contribution in [1.82, 2.24) is 9.97 Å². The predicted molar refractivity (Wildman–Crippen MR) is 73.0 cm³/mol. The lowest BCUT2D eigenvalue weighted by molar-refractivity contribution is 0.0232. The van der Waals surface area contributed by atoms with Gasteiger partial charge < -0.3 is 15.4 Å². The first-order valence-electron chi connectivity index (χ1n) is 6.65. The molecule has 0 amide bonds. The highest BCUT2D eigenvalue weighted by Gasteiger charge is 2.19. The lowest BCUT2D eigenvalue weighted by atomic mass is 10.0. The molecule has 2 rings (SSSR count). The van der Waals surface area contributed by atoms with Gasteiger partial charge in [-0.25, -0.2) is 9.97 Å². The van der Waals surface area contributed by atoms with Crippen molar-refractivity contribution in [2.24, 2.45) is 0 Å². The first-order chi connectivity index (χ1) is 8.71. The molecule has 0 radical (unpaired) electrons. The number of hydrogen-bond acceptors (Lipinski definition) is 5. The summed E-state index contributed by atoms with van der Waals surface area (Å²) in [7, 11) is 1.88. The molecule has 1 aromatic rings. The van der Waals surface area contributed by atoms with Crippen molar-refractivity contribution >= 4 is 11.6 Å². The van der Waals surface area contributed by atoms with Crippen molar-refractivity contribution in [2.45, 2.75) is 45.3 Å². The van der Waals surface area contributed by atoms with Crippen LogP contribution in [0.2, 0.25) is 0 Å². The molecular formula is C13H22N4O. The van der Waals surface area contributed by atoms with Gasteiger partial charge in [0.05, 0.1) is 6.10 Å². The van der Waals surface area contributed by atoms with Gasteiger partial charge in [0.15, 0.2) is 0 Å². The van der Waals surface area contributed by atoms with Gasteiger partial charge >= 0.3 is 0 Å². The van der Waals surface area contributed by atoms with Crippen molar-refractivity contribution in [1.29, 1.82) is 0 Å². The monoisotopic (exact) mass is 250 g/mol. The molecule has 0 aromatic carbocycles. The zero-order chi connectivity index (χ0) is 13.0. The van der Waals surface area contributed by atoms with Crippen LogP contribution < -0.4 is 10.6 Å². The minimum atomic E-state index is 0.326. The van der Waals surface area contributed by atoms with Gasteiger partial charge in [0.1, 0.15) is 17.5 Å². The van der Waals surface area contributed by atoms with E-state index in [1.165, 1.54) is 0 Å². The highest BCUT2D eigenvalue weighted by molar-refractivity contribution is 5.47. The van der Waals surface area contributed by atoms with Gasteiger partial charge in [-0.1, -0.05) is 6.92 Å². The topological polar surface area (TPSA) is 59.1 Å². The van der Waals surface area contributed by atoms with Gasteiger partial charge in [0.25, 0.3) is 0 Å². The normalized spacial score (nSPS) is 23.7. The summed E-state index contributed by atoms with van der Waals surface area (Å²) in [5.41, 5.74) is 0. The molecule has 2 atom stereocenters. The Kier molecular flexibility index (Phi) is 4.36. The van der Waals surface area contributed by atoms with Crippen molar-refractivity contribution in [3.8, 4) is 0 Å². The summed E-state index contributed by atoms with van der Waals surface area (Å²) in [6.45, 7) is 5.00. The minimum Gasteiger partial charge on any atom is -0.378 e. The maximum atomic E-state index is 5.55. The molecule has 5 heteroatoms. The fourth-order valence-corrected chi connectivity index (χ4v) is 2.20. The third-order valence-corrected chi connectivity index (χ3v) is 3.18. The quantitative estimate of drug-likeness (QED) is 0.856. The summed E-state index contributed by atoms with van der Waals surface area (Å²) in [4.78, 5) is 8.91. The Hall–Kier alpha value is -1.36. The van der Waals surface area contributed by atoms with E-state index >= 15 is 0 Å². The van der Waals surface area contributed by atoms with Gasteiger partial charge in [-0.05, 0) is 19.8 Å². The van der Waals surface area contributed by atoms with Crippen LogP contribution in [-0.4, -0.2) is 35.8 Å². The molecule has 1 aliphatic heterocycles. The first-order valence-corrected chi connectivity index (χ1v) is 6.65. The van der Waals surface area contributed by atoms with Gasteiger partial charge in [-0.3, -0.25) is 0 Å². The van der Waals surface area contributed by atoms with Gasteiger partial charge in [0, 0.05) is 32.2 Å². The Morgan fingerprint density at radius 1 is 1.39 bits per heavy atom. The maximum absolute atomic E-state index is 5.55. The van der Waals surface area contributed by atoms with Gasteiger partial charge in [-0.2, -0.15) is 0 Å². The summed E-state index contributed by atoms with van der Waals surface area (Å²) in [5.74, 6) is 2.64. The largest absolute Gasteiger partial charge is 0.378 e. The van der Waals surface area contributed by atoms with Gasteiger partial charge in [0.2, 0.25) is 0 Å². The Labute approximate surface area is 108 Å². The first kappa shape index (κ1) is 13.1. The highest BCUT2D eigenvalue weighted by atomic mass is 16.5. The second-order valence-electron chi connectivity index (χ2n) is 4.71. The van der Waals surface area contributed by atoms with E-state index in [-0.39, 0.29) is 0 Å². The maximum Gasteiger partial charge on any atom is 0.132 e. The zero-order valence-electron chi connectivity index (χ0n) is 11.4.